The summed E-state index contributed by atoms with van der Waals surface area (Å²) < 4.78 is 35.5. The molecule has 0 unspecified atom stereocenters. The van der Waals surface area contributed by atoms with E-state index in [1.54, 1.807) is 103 Å². The molecule has 1 fully saturated rings. The molecule has 0 bridgehead atoms. The monoisotopic (exact) mass is 700 g/mol. The lowest BCUT2D eigenvalue weighted by atomic mass is 9.97. The minimum absolute atomic E-state index is 0.125. The predicted octanol–water partition coefficient (Wildman–Crippen LogP) is 6.10. The van der Waals surface area contributed by atoms with Gasteiger partial charge in [0.1, 0.15) is 12.7 Å². The van der Waals surface area contributed by atoms with Gasteiger partial charge in [0.2, 0.25) is 12.4 Å². The maximum absolute atomic E-state index is 13.7. The van der Waals surface area contributed by atoms with Crippen LogP contribution in [0.25, 0.3) is 0 Å². The normalized spacial score (nSPS) is 19.3. The van der Waals surface area contributed by atoms with Crippen molar-refractivity contribution in [2.75, 3.05) is 6.61 Å². The molecule has 0 aromatic heterocycles. The topological polar surface area (TPSA) is 141 Å². The Morgan fingerprint density at radius 1 is 0.385 bits per heavy atom. The molecule has 0 spiro atoms. The van der Waals surface area contributed by atoms with E-state index in [2.05, 4.69) is 0 Å². The van der Waals surface area contributed by atoms with Gasteiger partial charge in [0, 0.05) is 0 Å². The Balaban J connectivity index is 1.41. The van der Waals surface area contributed by atoms with Gasteiger partial charge in [0.25, 0.3) is 0 Å². The summed E-state index contributed by atoms with van der Waals surface area (Å²) in [6, 6.07) is 40.0. The molecular weight excluding hydrogens is 668 g/mol. The second-order valence-corrected chi connectivity index (χ2v) is 11.5. The Kier molecular flexibility index (Phi) is 11.4. The van der Waals surface area contributed by atoms with Crippen LogP contribution in [0.5, 0.6) is 0 Å². The van der Waals surface area contributed by atoms with Gasteiger partial charge in [-0.2, -0.15) is 0 Å². The summed E-state index contributed by atoms with van der Waals surface area (Å²) in [4.78, 5) is 67.4. The van der Waals surface area contributed by atoms with Crippen LogP contribution < -0.4 is 0 Å². The number of hydrogen-bond acceptors (Lipinski definition) is 11. The van der Waals surface area contributed by atoms with Gasteiger partial charge in [0.15, 0.2) is 12.2 Å². The Morgan fingerprint density at radius 2 is 0.692 bits per heavy atom. The highest BCUT2D eigenvalue weighted by Gasteiger charge is 2.54. The van der Waals surface area contributed by atoms with Crippen LogP contribution in [-0.2, 0) is 28.4 Å². The first-order valence-corrected chi connectivity index (χ1v) is 16.3. The molecule has 1 heterocycles. The molecule has 1 saturated heterocycles. The van der Waals surface area contributed by atoms with Crippen LogP contribution in [0.15, 0.2) is 152 Å². The number of esters is 5. The number of ether oxygens (including phenoxy) is 6. The minimum atomic E-state index is -1.75. The van der Waals surface area contributed by atoms with Crippen molar-refractivity contribution >= 4 is 29.8 Å². The van der Waals surface area contributed by atoms with E-state index >= 15 is 0 Å². The molecule has 0 saturated carbocycles. The molecule has 52 heavy (non-hydrogen) atoms. The van der Waals surface area contributed by atoms with Crippen molar-refractivity contribution < 1.29 is 52.4 Å². The van der Waals surface area contributed by atoms with Crippen molar-refractivity contribution in [3.8, 4) is 0 Å². The molecule has 11 heteroatoms. The summed E-state index contributed by atoms with van der Waals surface area (Å²) in [5.74, 6) is -4.19. The molecule has 0 N–H and O–H groups in total. The van der Waals surface area contributed by atoms with Crippen molar-refractivity contribution in [2.24, 2.45) is 0 Å². The summed E-state index contributed by atoms with van der Waals surface area (Å²) in [6.45, 7) is -0.557. The molecule has 5 aromatic rings. The second-order valence-electron chi connectivity index (χ2n) is 11.5. The Bertz CT molecular complexity index is 1970. The highest BCUT2D eigenvalue weighted by Crippen LogP contribution is 2.32. The van der Waals surface area contributed by atoms with Crippen LogP contribution in [0, 0.1) is 0 Å². The lowest BCUT2D eigenvalue weighted by molar-refractivity contribution is -0.282. The standard InChI is InChI=1S/C41H32O11/c42-36(27-16-6-1-7-17-27)47-26-32-33(49-37(43)28-18-8-2-9-19-28)34(50-38(44)29-20-10-3-11-21-29)35(51-39(45)30-22-12-4-13-23-30)41(48-32)52-40(46)31-24-14-5-15-25-31/h1-25,32-35,41H,26H2/t32-,33+,34+,35+,41+/m1/s1. The molecule has 0 amide bonds. The van der Waals surface area contributed by atoms with E-state index < -0.39 is 67.2 Å². The summed E-state index contributed by atoms with van der Waals surface area (Å²) in [6.07, 6.45) is -8.07. The first-order chi connectivity index (χ1) is 25.4. The molecule has 5 aromatic carbocycles. The first kappa shape index (κ1) is 35.2. The average molecular weight is 701 g/mol. The summed E-state index contributed by atoms with van der Waals surface area (Å²) in [5, 5.41) is 0. The third-order valence-corrected chi connectivity index (χ3v) is 7.97. The minimum Gasteiger partial charge on any atom is -0.459 e. The zero-order valence-corrected chi connectivity index (χ0v) is 27.5. The Labute approximate surface area is 298 Å². The summed E-state index contributed by atoms with van der Waals surface area (Å²) in [7, 11) is 0. The smallest absolute Gasteiger partial charge is 0.340 e. The predicted molar refractivity (Wildman–Crippen MR) is 184 cm³/mol. The fourth-order valence-corrected chi connectivity index (χ4v) is 5.37. The zero-order valence-electron chi connectivity index (χ0n) is 27.5. The van der Waals surface area contributed by atoms with E-state index in [1.807, 2.05) is 0 Å². The lowest BCUT2D eigenvalue weighted by Gasteiger charge is -2.43. The number of rotatable bonds is 11. The van der Waals surface area contributed by atoms with Gasteiger partial charge in [-0.05, 0) is 60.7 Å². The van der Waals surface area contributed by atoms with E-state index in [9.17, 15) is 24.0 Å². The van der Waals surface area contributed by atoms with E-state index in [0.717, 1.165) is 0 Å². The van der Waals surface area contributed by atoms with Gasteiger partial charge in [0.05, 0.1) is 27.8 Å². The van der Waals surface area contributed by atoms with E-state index in [-0.39, 0.29) is 27.8 Å². The van der Waals surface area contributed by atoms with Crippen LogP contribution in [0.3, 0.4) is 0 Å². The third kappa shape index (κ3) is 8.76. The van der Waals surface area contributed by atoms with Crippen LogP contribution in [0.2, 0.25) is 0 Å². The van der Waals surface area contributed by atoms with Gasteiger partial charge in [-0.15, -0.1) is 0 Å². The summed E-state index contributed by atoms with van der Waals surface area (Å²) in [5.41, 5.74) is 0.762. The molecule has 11 nitrogen and oxygen atoms in total. The fraction of sp³-hybridized carbons (Fsp3) is 0.146. The van der Waals surface area contributed by atoms with Gasteiger partial charge in [-0.1, -0.05) is 91.0 Å². The van der Waals surface area contributed by atoms with Crippen LogP contribution in [-0.4, -0.2) is 67.2 Å². The Morgan fingerprint density at radius 3 is 1.08 bits per heavy atom. The van der Waals surface area contributed by atoms with Crippen molar-refractivity contribution in [3.63, 3.8) is 0 Å². The fourth-order valence-electron chi connectivity index (χ4n) is 5.37. The third-order valence-electron chi connectivity index (χ3n) is 7.97. The van der Waals surface area contributed by atoms with E-state index in [4.69, 9.17) is 28.4 Å². The largest absolute Gasteiger partial charge is 0.459 e. The van der Waals surface area contributed by atoms with Crippen molar-refractivity contribution in [1.82, 2.24) is 0 Å². The lowest BCUT2D eigenvalue weighted by Crippen LogP contribution is -2.63. The highest BCUT2D eigenvalue weighted by atomic mass is 16.7. The average Bonchev–Trinajstić information content (AvgIpc) is 3.20. The van der Waals surface area contributed by atoms with Gasteiger partial charge < -0.3 is 28.4 Å². The molecule has 262 valence electrons. The van der Waals surface area contributed by atoms with Gasteiger partial charge in [-0.3, -0.25) is 0 Å². The molecular formula is C41H32O11. The van der Waals surface area contributed by atoms with Gasteiger partial charge in [-0.25, -0.2) is 24.0 Å². The van der Waals surface area contributed by atoms with Crippen molar-refractivity contribution in [1.29, 1.82) is 0 Å². The van der Waals surface area contributed by atoms with Gasteiger partial charge >= 0.3 is 29.8 Å². The highest BCUT2D eigenvalue weighted by molar-refractivity contribution is 5.92. The Hall–Kier alpha value is -6.59. The second kappa shape index (κ2) is 16.9. The van der Waals surface area contributed by atoms with Crippen LogP contribution in [0.4, 0.5) is 0 Å². The molecule has 6 rings (SSSR count). The number of hydrogen-bond donors (Lipinski definition) is 0. The molecule has 5 atom stereocenters. The summed E-state index contributed by atoms with van der Waals surface area (Å²) >= 11 is 0. The zero-order chi connectivity index (χ0) is 36.3. The van der Waals surface area contributed by atoms with Crippen molar-refractivity contribution in [2.45, 2.75) is 30.7 Å². The first-order valence-electron chi connectivity index (χ1n) is 16.3. The molecule has 1 aliphatic rings. The van der Waals surface area contributed by atoms with Crippen molar-refractivity contribution in [3.05, 3.63) is 179 Å². The van der Waals surface area contributed by atoms with E-state index in [1.165, 1.54) is 48.5 Å². The maximum atomic E-state index is 13.7. The molecule has 1 aliphatic heterocycles. The van der Waals surface area contributed by atoms with Crippen LogP contribution >= 0.6 is 0 Å². The number of benzene rings is 5. The van der Waals surface area contributed by atoms with Crippen LogP contribution in [0.1, 0.15) is 51.8 Å². The van der Waals surface area contributed by atoms with E-state index in [0.29, 0.717) is 0 Å². The molecule has 0 aliphatic carbocycles. The quantitative estimate of drug-likeness (QED) is 0.117. The number of carbonyl (C=O) groups excluding carboxylic acids is 5. The maximum Gasteiger partial charge on any atom is 0.340 e. The number of carbonyl (C=O) groups is 5. The SMILES string of the molecule is O=C(OC[C@H]1O[C@@H](OC(=O)c2ccccc2)[C@@H](OC(=O)c2ccccc2)[C@@H](OC(=O)c2ccccc2)[C@H]1OC(=O)c1ccccc1)c1ccccc1. The molecule has 0 radical (unpaired) electrons.